The molecule has 0 saturated carbocycles. The molecule has 0 unspecified atom stereocenters. The van der Waals surface area contributed by atoms with Gasteiger partial charge in [0.25, 0.3) is 0 Å². The highest BCUT2D eigenvalue weighted by Gasteiger charge is 2.26. The van der Waals surface area contributed by atoms with Crippen LogP contribution >= 0.6 is 11.6 Å². The zero-order valence-corrected chi connectivity index (χ0v) is 13.9. The zero-order chi connectivity index (χ0) is 16.8. The molecule has 0 aliphatic carbocycles. The quantitative estimate of drug-likeness (QED) is 0.825. The number of ether oxygens (including phenoxy) is 2. The molecule has 2 atom stereocenters. The van der Waals surface area contributed by atoms with Gasteiger partial charge in [-0.15, -0.1) is 0 Å². The normalized spacial score (nSPS) is 13.4. The monoisotopic (exact) mass is 333 g/mol. The molecular formula is C18H20ClNO3. The average Bonchev–Trinajstić information content (AvgIpc) is 2.56. The summed E-state index contributed by atoms with van der Waals surface area (Å²) in [7, 11) is 2.77. The molecule has 122 valence electrons. The molecule has 0 spiro atoms. The van der Waals surface area contributed by atoms with Crippen LogP contribution in [-0.4, -0.2) is 32.3 Å². The van der Waals surface area contributed by atoms with E-state index in [1.54, 1.807) is 0 Å². The van der Waals surface area contributed by atoms with Gasteiger partial charge in [-0.3, -0.25) is 0 Å². The van der Waals surface area contributed by atoms with Crippen LogP contribution in [0.4, 0.5) is 0 Å². The van der Waals surface area contributed by atoms with Gasteiger partial charge in [0.15, 0.2) is 6.10 Å². The van der Waals surface area contributed by atoms with Gasteiger partial charge >= 0.3 is 5.97 Å². The van der Waals surface area contributed by atoms with Crippen molar-refractivity contribution in [2.45, 2.75) is 18.6 Å². The minimum Gasteiger partial charge on any atom is -0.467 e. The fraction of sp³-hybridized carbons (Fsp3) is 0.278. The van der Waals surface area contributed by atoms with E-state index in [0.717, 1.165) is 16.7 Å². The lowest BCUT2D eigenvalue weighted by atomic mass is 9.99. The maximum Gasteiger partial charge on any atom is 0.336 e. The molecule has 0 heterocycles. The molecule has 0 fully saturated rings. The standard InChI is InChI=1S/C18H20ClNO3/c1-22-17(18(21)23-2)16(20)10-12-6-8-13(9-7-12)14-4-3-5-15(19)11-14/h3-9,11,16-17H,10,20H2,1-2H3/t16-,17+/m1/s1. The number of halogens is 1. The summed E-state index contributed by atoms with van der Waals surface area (Å²) >= 11 is 6.01. The number of hydrogen-bond acceptors (Lipinski definition) is 4. The molecule has 0 amide bonds. The number of benzene rings is 2. The van der Waals surface area contributed by atoms with Crippen LogP contribution in [0.5, 0.6) is 0 Å². The van der Waals surface area contributed by atoms with Crippen LogP contribution in [-0.2, 0) is 20.7 Å². The summed E-state index contributed by atoms with van der Waals surface area (Å²) in [6.07, 6.45) is -0.253. The molecule has 0 saturated heterocycles. The highest BCUT2D eigenvalue weighted by molar-refractivity contribution is 6.30. The van der Waals surface area contributed by atoms with E-state index in [1.165, 1.54) is 14.2 Å². The lowest BCUT2D eigenvalue weighted by molar-refractivity contribution is -0.153. The molecule has 0 aliphatic heterocycles. The van der Waals surface area contributed by atoms with Crippen molar-refractivity contribution in [2.24, 2.45) is 5.73 Å². The fourth-order valence-corrected chi connectivity index (χ4v) is 2.63. The molecule has 0 bridgehead atoms. The van der Waals surface area contributed by atoms with Gasteiger partial charge in [-0.2, -0.15) is 0 Å². The smallest absolute Gasteiger partial charge is 0.336 e. The second-order valence-electron chi connectivity index (χ2n) is 5.25. The highest BCUT2D eigenvalue weighted by Crippen LogP contribution is 2.23. The van der Waals surface area contributed by atoms with Gasteiger partial charge in [0.05, 0.1) is 7.11 Å². The number of rotatable bonds is 6. The molecule has 2 aromatic rings. The van der Waals surface area contributed by atoms with Crippen molar-refractivity contribution in [3.8, 4) is 11.1 Å². The summed E-state index contributed by atoms with van der Waals surface area (Å²) < 4.78 is 9.82. The minimum atomic E-state index is -0.771. The molecule has 0 aliphatic rings. The van der Waals surface area contributed by atoms with Crippen LogP contribution in [0.15, 0.2) is 48.5 Å². The Morgan fingerprint density at radius 2 is 1.83 bits per heavy atom. The Morgan fingerprint density at radius 1 is 1.13 bits per heavy atom. The summed E-state index contributed by atoms with van der Waals surface area (Å²) in [6.45, 7) is 0. The molecule has 2 rings (SSSR count). The van der Waals surface area contributed by atoms with Gasteiger partial charge in [-0.05, 0) is 35.2 Å². The van der Waals surface area contributed by atoms with Gasteiger partial charge in [-0.25, -0.2) is 4.79 Å². The predicted molar refractivity (Wildman–Crippen MR) is 91.4 cm³/mol. The minimum absolute atomic E-state index is 0.462. The van der Waals surface area contributed by atoms with Crippen molar-refractivity contribution in [3.63, 3.8) is 0 Å². The van der Waals surface area contributed by atoms with Gasteiger partial charge < -0.3 is 15.2 Å². The Labute approximate surface area is 141 Å². The Balaban J connectivity index is 2.09. The van der Waals surface area contributed by atoms with E-state index in [-0.39, 0.29) is 0 Å². The van der Waals surface area contributed by atoms with Crippen LogP contribution in [0.1, 0.15) is 5.56 Å². The van der Waals surface area contributed by atoms with E-state index in [1.807, 2.05) is 48.5 Å². The van der Waals surface area contributed by atoms with E-state index in [4.69, 9.17) is 26.8 Å². The lowest BCUT2D eigenvalue weighted by Gasteiger charge is -2.20. The number of nitrogens with two attached hydrogens (primary N) is 1. The van der Waals surface area contributed by atoms with Crippen molar-refractivity contribution in [1.82, 2.24) is 0 Å². The third kappa shape index (κ3) is 4.55. The van der Waals surface area contributed by atoms with Crippen LogP contribution in [0.25, 0.3) is 11.1 Å². The van der Waals surface area contributed by atoms with Gasteiger partial charge in [0, 0.05) is 18.2 Å². The van der Waals surface area contributed by atoms with Crippen molar-refractivity contribution in [3.05, 3.63) is 59.1 Å². The first-order valence-electron chi connectivity index (χ1n) is 7.26. The maximum absolute atomic E-state index is 11.6. The fourth-order valence-electron chi connectivity index (χ4n) is 2.44. The van der Waals surface area contributed by atoms with Crippen molar-refractivity contribution in [1.29, 1.82) is 0 Å². The second-order valence-corrected chi connectivity index (χ2v) is 5.69. The van der Waals surface area contributed by atoms with Crippen molar-refractivity contribution >= 4 is 17.6 Å². The summed E-state index contributed by atoms with van der Waals surface area (Å²) in [6, 6.07) is 15.2. The maximum atomic E-state index is 11.6. The van der Waals surface area contributed by atoms with E-state index in [9.17, 15) is 4.79 Å². The lowest BCUT2D eigenvalue weighted by Crippen LogP contribution is -2.44. The number of carbonyl (C=O) groups is 1. The van der Waals surface area contributed by atoms with Crippen LogP contribution in [0.2, 0.25) is 5.02 Å². The van der Waals surface area contributed by atoms with Crippen LogP contribution in [0.3, 0.4) is 0 Å². The number of hydrogen-bond donors (Lipinski definition) is 1. The third-order valence-electron chi connectivity index (χ3n) is 3.66. The van der Waals surface area contributed by atoms with Crippen molar-refractivity contribution in [2.75, 3.05) is 14.2 Å². The van der Waals surface area contributed by atoms with E-state index < -0.39 is 18.1 Å². The molecule has 0 radical (unpaired) electrons. The molecule has 23 heavy (non-hydrogen) atoms. The Kier molecular flexibility index (Phi) is 6.16. The van der Waals surface area contributed by atoms with E-state index >= 15 is 0 Å². The summed E-state index contributed by atoms with van der Waals surface area (Å²) in [5.41, 5.74) is 9.21. The number of esters is 1. The molecule has 5 heteroatoms. The van der Waals surface area contributed by atoms with Crippen molar-refractivity contribution < 1.29 is 14.3 Å². The SMILES string of the molecule is COC(=O)[C@@H](OC)[C@H](N)Cc1ccc(-c2cccc(Cl)c2)cc1. The first-order chi connectivity index (χ1) is 11.0. The first kappa shape index (κ1) is 17.5. The largest absolute Gasteiger partial charge is 0.467 e. The van der Waals surface area contributed by atoms with E-state index in [0.29, 0.717) is 11.4 Å². The molecule has 2 N–H and O–H groups in total. The Bertz CT molecular complexity index is 658. The van der Waals surface area contributed by atoms with Gasteiger partial charge in [0.1, 0.15) is 0 Å². The summed E-state index contributed by atoms with van der Waals surface area (Å²) in [5.74, 6) is -0.462. The predicted octanol–water partition coefficient (Wildman–Crippen LogP) is 3.06. The highest BCUT2D eigenvalue weighted by atomic mass is 35.5. The molecular weight excluding hydrogens is 314 g/mol. The number of methoxy groups -OCH3 is 2. The number of carbonyl (C=O) groups excluding carboxylic acids is 1. The molecule has 2 aromatic carbocycles. The summed E-state index contributed by atoms with van der Waals surface area (Å²) in [5, 5.41) is 0.703. The average molecular weight is 334 g/mol. The summed E-state index contributed by atoms with van der Waals surface area (Å²) in [4.78, 5) is 11.6. The molecule has 0 aromatic heterocycles. The van der Waals surface area contributed by atoms with Crippen LogP contribution < -0.4 is 5.73 Å². The third-order valence-corrected chi connectivity index (χ3v) is 3.89. The second kappa shape index (κ2) is 8.11. The van der Waals surface area contributed by atoms with E-state index in [2.05, 4.69) is 0 Å². The Morgan fingerprint density at radius 3 is 2.39 bits per heavy atom. The topological polar surface area (TPSA) is 61.5 Å². The first-order valence-corrected chi connectivity index (χ1v) is 7.64. The van der Waals surface area contributed by atoms with Gasteiger partial charge in [-0.1, -0.05) is 48.0 Å². The van der Waals surface area contributed by atoms with Crippen LogP contribution in [0, 0.1) is 0 Å². The zero-order valence-electron chi connectivity index (χ0n) is 13.2. The molecule has 4 nitrogen and oxygen atoms in total. The van der Waals surface area contributed by atoms with Gasteiger partial charge in [0.2, 0.25) is 0 Å². The Hall–Kier alpha value is -1.88.